The highest BCUT2D eigenvalue weighted by Crippen LogP contribution is 2.38. The maximum Gasteiger partial charge on any atom is 0.306 e. The van der Waals surface area contributed by atoms with Crippen LogP contribution in [0, 0.1) is 0 Å². The van der Waals surface area contributed by atoms with Gasteiger partial charge in [-0.2, -0.15) is 0 Å². The Morgan fingerprint density at radius 3 is 1.12 bits per heavy atom. The molecule has 10 heteroatoms. The normalized spacial score (nSPS) is 14.1. The van der Waals surface area contributed by atoms with E-state index >= 15 is 0 Å². The fourth-order valence-electron chi connectivity index (χ4n) is 9.89. The summed E-state index contributed by atoms with van der Waals surface area (Å²) in [6, 6.07) is -0.896. The molecule has 0 aromatic carbocycles. The number of nitrogens with one attached hydrogen (secondary N) is 1. The lowest BCUT2D eigenvalue weighted by Gasteiger charge is -2.30. The van der Waals surface area contributed by atoms with Crippen molar-refractivity contribution in [2.45, 2.75) is 328 Å². The monoisotopic (exact) mass is 1180 g/mol. The molecular formula is C73H133N2O7P. The fraction of sp³-hybridized carbons (Fsp3) is 0.781. The predicted molar refractivity (Wildman–Crippen MR) is 358 cm³/mol. The van der Waals surface area contributed by atoms with Crippen LogP contribution in [0.3, 0.4) is 0 Å². The topological polar surface area (TPSA) is 114 Å². The third kappa shape index (κ3) is 63.5. The molecule has 0 bridgehead atoms. The Bertz CT molecular complexity index is 1700. The van der Waals surface area contributed by atoms with E-state index in [4.69, 9.17) is 13.8 Å². The van der Waals surface area contributed by atoms with E-state index in [1.165, 1.54) is 186 Å². The maximum absolute atomic E-state index is 13.6. The van der Waals surface area contributed by atoms with Gasteiger partial charge in [0.05, 0.1) is 33.8 Å². The first kappa shape index (κ1) is 80.2. The molecule has 9 nitrogen and oxygen atoms in total. The molecule has 0 spiro atoms. The third-order valence-corrected chi connectivity index (χ3v) is 16.3. The highest BCUT2D eigenvalue weighted by atomic mass is 31.2. The summed E-state index contributed by atoms with van der Waals surface area (Å²) in [7, 11) is 1.18. The number of rotatable bonds is 63. The number of esters is 1. The van der Waals surface area contributed by atoms with Crippen molar-refractivity contribution in [3.8, 4) is 0 Å². The van der Waals surface area contributed by atoms with E-state index in [-0.39, 0.29) is 24.9 Å². The van der Waals surface area contributed by atoms with Gasteiger partial charge in [0.25, 0.3) is 7.82 Å². The summed E-state index contributed by atoms with van der Waals surface area (Å²) < 4.78 is 30.4. The molecule has 0 rings (SSSR count). The molecule has 1 amide bonds. The molecule has 0 aromatic heterocycles. The molecule has 0 saturated carbocycles. The summed E-state index contributed by atoms with van der Waals surface area (Å²) >= 11 is 0. The molecule has 1 N–H and O–H groups in total. The van der Waals surface area contributed by atoms with Crippen LogP contribution in [0.5, 0.6) is 0 Å². The third-order valence-electron chi connectivity index (χ3n) is 15.3. The summed E-state index contributed by atoms with van der Waals surface area (Å²) in [5, 5.41) is 3.04. The van der Waals surface area contributed by atoms with Gasteiger partial charge in [-0.1, -0.05) is 280 Å². The zero-order valence-electron chi connectivity index (χ0n) is 55.1. The van der Waals surface area contributed by atoms with Gasteiger partial charge in [-0.3, -0.25) is 14.2 Å². The Morgan fingerprint density at radius 1 is 0.422 bits per heavy atom. The number of phosphoric ester groups is 1. The maximum atomic E-state index is 13.6. The number of phosphoric acid groups is 1. The molecule has 0 aromatic rings. The van der Waals surface area contributed by atoms with E-state index in [9.17, 15) is 19.0 Å². The van der Waals surface area contributed by atoms with Crippen molar-refractivity contribution >= 4 is 19.7 Å². The molecule has 0 aliphatic rings. The molecule has 482 valence electrons. The van der Waals surface area contributed by atoms with E-state index in [1.807, 2.05) is 33.3 Å². The van der Waals surface area contributed by atoms with Crippen LogP contribution in [-0.2, 0) is 27.9 Å². The zero-order valence-corrected chi connectivity index (χ0v) is 56.0. The van der Waals surface area contributed by atoms with Crippen molar-refractivity contribution in [2.24, 2.45) is 0 Å². The largest absolute Gasteiger partial charge is 0.756 e. The molecular weight excluding hydrogens is 1050 g/mol. The molecule has 0 fully saturated rings. The van der Waals surface area contributed by atoms with Gasteiger partial charge in [0.2, 0.25) is 5.91 Å². The Balaban J connectivity index is 5.04. The van der Waals surface area contributed by atoms with Crippen molar-refractivity contribution in [1.82, 2.24) is 5.32 Å². The summed E-state index contributed by atoms with van der Waals surface area (Å²) in [4.78, 5) is 40.1. The van der Waals surface area contributed by atoms with Gasteiger partial charge in [-0.25, -0.2) is 0 Å². The van der Waals surface area contributed by atoms with Crippen LogP contribution in [0.15, 0.2) is 85.1 Å². The van der Waals surface area contributed by atoms with Gasteiger partial charge >= 0.3 is 5.97 Å². The molecule has 3 unspecified atom stereocenters. The number of hydrogen-bond donors (Lipinski definition) is 1. The summed E-state index contributed by atoms with van der Waals surface area (Å²) in [6.07, 6.45) is 82.7. The standard InChI is InChI=1S/C73H133N2O7P/c1-7-10-13-16-19-22-25-27-29-31-33-34-35-36-37-38-39-40-42-44-46-48-51-54-57-60-63-66-73(77)82-71(64-61-58-55-52-49-24-21-18-15-12-9-3)70(69-81-83(78,79)80-68-67-75(4,5)6)74-72(76)65-62-59-56-53-50-47-45-43-41-32-30-28-26-23-20-17-14-11-8-2/h19-20,22-23,27-30,33-34,36-37,61,64,70-71H,7-18,21,24-26,31-32,35,38-60,62-63,65-69H2,1-6H3,(H-,74,76,78,79)/b22-19-,23-20-,29-27-,30-28-,34-33-,37-36-,64-61-. The Hall–Kier alpha value is -2.81. The van der Waals surface area contributed by atoms with Crippen molar-refractivity contribution in [1.29, 1.82) is 0 Å². The fourth-order valence-corrected chi connectivity index (χ4v) is 10.6. The van der Waals surface area contributed by atoms with Gasteiger partial charge in [0.15, 0.2) is 0 Å². The number of ether oxygens (including phenoxy) is 1. The molecule has 0 heterocycles. The van der Waals surface area contributed by atoms with Crippen molar-refractivity contribution in [3.05, 3.63) is 85.1 Å². The second-order valence-electron chi connectivity index (χ2n) is 24.7. The Labute approximate surface area is 514 Å². The smallest absolute Gasteiger partial charge is 0.306 e. The minimum atomic E-state index is -4.71. The number of quaternary nitrogens is 1. The molecule has 0 saturated heterocycles. The van der Waals surface area contributed by atoms with Crippen LogP contribution in [0.1, 0.15) is 316 Å². The number of nitrogens with zero attached hydrogens (tertiary/aromatic N) is 1. The Kier molecular flexibility index (Phi) is 60.1. The van der Waals surface area contributed by atoms with E-state index in [0.29, 0.717) is 17.4 Å². The minimum absolute atomic E-state index is 0.0260. The first-order valence-corrected chi connectivity index (χ1v) is 36.4. The first-order valence-electron chi connectivity index (χ1n) is 34.9. The number of hydrogen-bond acceptors (Lipinski definition) is 7. The molecule has 83 heavy (non-hydrogen) atoms. The van der Waals surface area contributed by atoms with E-state index < -0.39 is 26.6 Å². The number of carbonyl (C=O) groups is 2. The van der Waals surface area contributed by atoms with Crippen LogP contribution in [0.2, 0.25) is 0 Å². The van der Waals surface area contributed by atoms with Crippen LogP contribution in [-0.4, -0.2) is 69.4 Å². The van der Waals surface area contributed by atoms with Crippen LogP contribution >= 0.6 is 7.82 Å². The van der Waals surface area contributed by atoms with Gasteiger partial charge in [0, 0.05) is 12.8 Å². The number of unbranched alkanes of at least 4 members (excludes halogenated alkanes) is 35. The Morgan fingerprint density at radius 2 is 0.735 bits per heavy atom. The van der Waals surface area contributed by atoms with Gasteiger partial charge in [-0.15, -0.1) is 0 Å². The summed E-state index contributed by atoms with van der Waals surface area (Å²) in [5.41, 5.74) is 0. The number of amides is 1. The van der Waals surface area contributed by atoms with Crippen LogP contribution in [0.4, 0.5) is 0 Å². The quantitative estimate of drug-likeness (QED) is 0.0212. The molecule has 0 radical (unpaired) electrons. The van der Waals surface area contributed by atoms with E-state index in [2.05, 4.69) is 99.0 Å². The first-order chi connectivity index (χ1) is 40.4. The van der Waals surface area contributed by atoms with E-state index in [1.54, 1.807) is 0 Å². The van der Waals surface area contributed by atoms with Crippen molar-refractivity contribution < 1.29 is 37.3 Å². The summed E-state index contributed by atoms with van der Waals surface area (Å²) in [6.45, 7) is 6.80. The predicted octanol–water partition coefficient (Wildman–Crippen LogP) is 21.5. The van der Waals surface area contributed by atoms with Crippen molar-refractivity contribution in [3.63, 3.8) is 0 Å². The SMILES string of the molecule is CCCCC/C=C\C/C=C\C/C=C\C/C=C\CCCCCCCCCCCCCC(=O)OC(/C=C\CCCCCCCCCCC)C(COP(=O)([O-])OCC[N+](C)(C)C)NC(=O)CCCCCCCCCCC/C=C\C/C=C\CCCCC. The average Bonchev–Trinajstić information content (AvgIpc) is 3.51. The van der Waals surface area contributed by atoms with Crippen molar-refractivity contribution in [2.75, 3.05) is 40.9 Å². The lowest BCUT2D eigenvalue weighted by Crippen LogP contribution is -2.47. The van der Waals surface area contributed by atoms with Crippen LogP contribution < -0.4 is 10.2 Å². The zero-order chi connectivity index (χ0) is 60.7. The second kappa shape index (κ2) is 62.2. The number of allylic oxidation sites excluding steroid dienone is 13. The van der Waals surface area contributed by atoms with Gasteiger partial charge < -0.3 is 28.5 Å². The lowest BCUT2D eigenvalue weighted by atomic mass is 10.0. The van der Waals surface area contributed by atoms with E-state index in [0.717, 1.165) is 96.3 Å². The number of carbonyl (C=O) groups excluding carboxylic acids is 2. The summed E-state index contributed by atoms with van der Waals surface area (Å²) in [5.74, 6) is -0.545. The minimum Gasteiger partial charge on any atom is -0.756 e. The molecule has 0 aliphatic carbocycles. The van der Waals surface area contributed by atoms with Crippen LogP contribution in [0.25, 0.3) is 0 Å². The number of likely N-dealkylation sites (N-methyl/N-ethyl adjacent to an activating group) is 1. The molecule has 3 atom stereocenters. The highest BCUT2D eigenvalue weighted by Gasteiger charge is 2.27. The second-order valence-corrected chi connectivity index (χ2v) is 26.1. The lowest BCUT2D eigenvalue weighted by molar-refractivity contribution is -0.870. The highest BCUT2D eigenvalue weighted by molar-refractivity contribution is 7.45. The van der Waals surface area contributed by atoms with Gasteiger partial charge in [0.1, 0.15) is 19.3 Å². The van der Waals surface area contributed by atoms with Gasteiger partial charge in [-0.05, 0) is 109 Å². The average molecular weight is 1180 g/mol. The molecule has 0 aliphatic heterocycles.